The largest absolute Gasteiger partial charge is 0.338 e. The van der Waals surface area contributed by atoms with Gasteiger partial charge in [0.15, 0.2) is 0 Å². The summed E-state index contributed by atoms with van der Waals surface area (Å²) in [7, 11) is 2.01. The molecule has 17 heavy (non-hydrogen) atoms. The maximum absolute atomic E-state index is 4.28. The first-order valence-corrected chi connectivity index (χ1v) is 6.31. The Labute approximate surface area is 109 Å². The second kappa shape index (κ2) is 5.93. The van der Waals surface area contributed by atoms with E-state index < -0.39 is 0 Å². The van der Waals surface area contributed by atoms with E-state index in [4.69, 9.17) is 0 Å². The van der Waals surface area contributed by atoms with E-state index in [1.807, 2.05) is 30.2 Å². The number of aryl methyl sites for hydroxylation is 1. The van der Waals surface area contributed by atoms with Gasteiger partial charge in [-0.1, -0.05) is 0 Å². The van der Waals surface area contributed by atoms with Crippen molar-refractivity contribution in [2.75, 3.05) is 6.54 Å². The Kier molecular flexibility index (Phi) is 4.28. The number of pyridine rings is 1. The van der Waals surface area contributed by atoms with Gasteiger partial charge in [-0.3, -0.25) is 4.98 Å². The highest BCUT2D eigenvalue weighted by Crippen LogP contribution is 2.09. The molecule has 1 N–H and O–H groups in total. The Hall–Kier alpha value is -1.20. The van der Waals surface area contributed by atoms with E-state index in [9.17, 15) is 0 Å². The van der Waals surface area contributed by atoms with Crippen LogP contribution in [0.3, 0.4) is 0 Å². The normalized spacial score (nSPS) is 10.7. The summed E-state index contributed by atoms with van der Waals surface area (Å²) < 4.78 is 3.06. The first kappa shape index (κ1) is 12.3. The van der Waals surface area contributed by atoms with E-state index in [2.05, 4.69) is 37.3 Å². The molecule has 0 aliphatic heterocycles. The van der Waals surface area contributed by atoms with E-state index in [1.165, 1.54) is 5.56 Å². The minimum Gasteiger partial charge on any atom is -0.338 e. The van der Waals surface area contributed by atoms with Crippen molar-refractivity contribution in [2.45, 2.75) is 13.0 Å². The number of nitrogens with zero attached hydrogens (tertiary/aromatic N) is 3. The third-order valence-electron chi connectivity index (χ3n) is 2.54. The second-order valence-electron chi connectivity index (χ2n) is 3.89. The summed E-state index contributed by atoms with van der Waals surface area (Å²) in [5.74, 6) is 1.10. The maximum atomic E-state index is 4.28. The zero-order valence-corrected chi connectivity index (χ0v) is 11.3. The molecule has 0 bridgehead atoms. The fraction of sp³-hybridized carbons (Fsp3) is 0.333. The van der Waals surface area contributed by atoms with Gasteiger partial charge in [-0.15, -0.1) is 0 Å². The lowest BCUT2D eigenvalue weighted by molar-refractivity contribution is 0.653. The minimum atomic E-state index is 0.830. The maximum Gasteiger partial charge on any atom is 0.109 e. The van der Waals surface area contributed by atoms with Gasteiger partial charge in [0.05, 0.1) is 0 Å². The number of halogens is 1. The Morgan fingerprint density at radius 1 is 1.41 bits per heavy atom. The Morgan fingerprint density at radius 2 is 2.29 bits per heavy atom. The average molecular weight is 295 g/mol. The van der Waals surface area contributed by atoms with Gasteiger partial charge in [-0.25, -0.2) is 4.98 Å². The topological polar surface area (TPSA) is 42.7 Å². The van der Waals surface area contributed by atoms with Gasteiger partial charge in [0.25, 0.3) is 0 Å². The van der Waals surface area contributed by atoms with Gasteiger partial charge in [0.1, 0.15) is 5.82 Å². The summed E-state index contributed by atoms with van der Waals surface area (Å²) in [5, 5.41) is 3.38. The third kappa shape index (κ3) is 3.64. The zero-order chi connectivity index (χ0) is 12.1. The molecule has 0 aliphatic rings. The van der Waals surface area contributed by atoms with Crippen LogP contribution in [0.15, 0.2) is 35.3 Å². The van der Waals surface area contributed by atoms with Crippen molar-refractivity contribution >= 4 is 15.9 Å². The highest BCUT2D eigenvalue weighted by Gasteiger charge is 1.99. The summed E-state index contributed by atoms with van der Waals surface area (Å²) in [6, 6.07) is 2.07. The van der Waals surface area contributed by atoms with Gasteiger partial charge < -0.3 is 9.88 Å². The molecule has 0 saturated heterocycles. The van der Waals surface area contributed by atoms with Gasteiger partial charge in [-0.05, 0) is 27.6 Å². The molecule has 2 rings (SSSR count). The predicted octanol–water partition coefficient (Wildman–Crippen LogP) is 1.91. The Balaban J connectivity index is 1.75. The summed E-state index contributed by atoms with van der Waals surface area (Å²) in [5.41, 5.74) is 1.18. The average Bonchev–Trinajstić information content (AvgIpc) is 2.71. The number of imidazole rings is 1. The van der Waals surface area contributed by atoms with E-state index in [1.54, 1.807) is 6.20 Å². The quantitative estimate of drug-likeness (QED) is 0.857. The standard InChI is InChI=1S/C12H15BrN4/c1-17-5-4-16-12(17)2-3-14-7-10-6-11(13)9-15-8-10/h4-6,8-9,14H,2-3,7H2,1H3. The molecule has 0 aliphatic carbocycles. The van der Waals surface area contributed by atoms with Crippen molar-refractivity contribution in [3.05, 3.63) is 46.7 Å². The van der Waals surface area contributed by atoms with E-state index in [0.29, 0.717) is 0 Å². The van der Waals surface area contributed by atoms with Crippen LogP contribution in [0.5, 0.6) is 0 Å². The molecule has 0 fully saturated rings. The van der Waals surface area contributed by atoms with Gasteiger partial charge in [0.2, 0.25) is 0 Å². The lowest BCUT2D eigenvalue weighted by Crippen LogP contribution is -2.18. The smallest absolute Gasteiger partial charge is 0.109 e. The molecule has 0 spiro atoms. The Bertz CT molecular complexity index is 481. The summed E-state index contributed by atoms with van der Waals surface area (Å²) in [6.45, 7) is 1.74. The van der Waals surface area contributed by atoms with Crippen LogP contribution >= 0.6 is 15.9 Å². The summed E-state index contributed by atoms with van der Waals surface area (Å²) >= 11 is 3.41. The van der Waals surface area contributed by atoms with Crippen molar-refractivity contribution in [1.29, 1.82) is 0 Å². The van der Waals surface area contributed by atoms with Gasteiger partial charge in [0, 0.05) is 55.8 Å². The molecule has 0 radical (unpaired) electrons. The van der Waals surface area contributed by atoms with Crippen LogP contribution < -0.4 is 5.32 Å². The number of hydrogen-bond donors (Lipinski definition) is 1. The first-order valence-electron chi connectivity index (χ1n) is 5.52. The van der Waals surface area contributed by atoms with Crippen molar-refractivity contribution < 1.29 is 0 Å². The van der Waals surface area contributed by atoms with Gasteiger partial charge in [-0.2, -0.15) is 0 Å². The van der Waals surface area contributed by atoms with E-state index in [-0.39, 0.29) is 0 Å². The molecule has 2 aromatic heterocycles. The number of nitrogens with one attached hydrogen (secondary N) is 1. The van der Waals surface area contributed by atoms with Crippen molar-refractivity contribution in [1.82, 2.24) is 19.9 Å². The third-order valence-corrected chi connectivity index (χ3v) is 2.97. The van der Waals surface area contributed by atoms with Crippen LogP contribution in [-0.2, 0) is 20.0 Å². The molecule has 0 unspecified atom stereocenters. The summed E-state index contributed by atoms with van der Waals surface area (Å²) in [4.78, 5) is 8.40. The number of aromatic nitrogens is 3. The van der Waals surface area contributed by atoms with Crippen LogP contribution in [-0.4, -0.2) is 21.1 Å². The van der Waals surface area contributed by atoms with Crippen molar-refractivity contribution in [3.8, 4) is 0 Å². The predicted molar refractivity (Wildman–Crippen MR) is 70.6 cm³/mol. The number of hydrogen-bond acceptors (Lipinski definition) is 3. The fourth-order valence-corrected chi connectivity index (χ4v) is 2.04. The van der Waals surface area contributed by atoms with Gasteiger partial charge >= 0.3 is 0 Å². The molecule has 0 amide bonds. The zero-order valence-electron chi connectivity index (χ0n) is 9.73. The highest BCUT2D eigenvalue weighted by molar-refractivity contribution is 9.10. The Morgan fingerprint density at radius 3 is 3.00 bits per heavy atom. The molecule has 4 nitrogen and oxygen atoms in total. The molecule has 2 heterocycles. The van der Waals surface area contributed by atoms with Crippen LogP contribution in [0.25, 0.3) is 0 Å². The molecular weight excluding hydrogens is 280 g/mol. The lowest BCUT2D eigenvalue weighted by atomic mass is 10.3. The first-order chi connectivity index (χ1) is 8.25. The fourth-order valence-electron chi connectivity index (χ4n) is 1.62. The SMILES string of the molecule is Cn1ccnc1CCNCc1cncc(Br)c1. The minimum absolute atomic E-state index is 0.830. The van der Waals surface area contributed by atoms with Crippen LogP contribution in [0.4, 0.5) is 0 Å². The van der Waals surface area contributed by atoms with Crippen LogP contribution in [0, 0.1) is 0 Å². The molecule has 5 heteroatoms. The van der Waals surface area contributed by atoms with Crippen molar-refractivity contribution in [2.24, 2.45) is 7.05 Å². The lowest BCUT2D eigenvalue weighted by Gasteiger charge is -2.05. The highest BCUT2D eigenvalue weighted by atomic mass is 79.9. The number of rotatable bonds is 5. The van der Waals surface area contributed by atoms with Crippen LogP contribution in [0.1, 0.15) is 11.4 Å². The molecule has 0 saturated carbocycles. The molecular formula is C12H15BrN4. The molecule has 0 atom stereocenters. The second-order valence-corrected chi connectivity index (χ2v) is 4.81. The molecule has 0 aromatic carbocycles. The van der Waals surface area contributed by atoms with Crippen molar-refractivity contribution in [3.63, 3.8) is 0 Å². The monoisotopic (exact) mass is 294 g/mol. The molecule has 90 valence electrons. The van der Waals surface area contributed by atoms with E-state index >= 15 is 0 Å². The molecule has 2 aromatic rings. The van der Waals surface area contributed by atoms with Crippen LogP contribution in [0.2, 0.25) is 0 Å². The van der Waals surface area contributed by atoms with E-state index in [0.717, 1.165) is 29.8 Å². The summed E-state index contributed by atoms with van der Waals surface area (Å²) in [6.07, 6.45) is 8.39.